The van der Waals surface area contributed by atoms with Crippen LogP contribution in [0.15, 0.2) is 28.7 Å². The maximum absolute atomic E-state index is 12.1. The van der Waals surface area contributed by atoms with Gasteiger partial charge in [-0.05, 0) is 11.6 Å². The number of likely N-dealkylation sites (N-methyl/N-ethyl adjacent to an activating group) is 1. The summed E-state index contributed by atoms with van der Waals surface area (Å²) in [5, 5.41) is 17.9. The van der Waals surface area contributed by atoms with Crippen molar-refractivity contribution in [2.45, 2.75) is 6.54 Å². The SMILES string of the molecule is CN(Cc1ccccc1Br)C(=O)CN(CCO)CCO. The Morgan fingerprint density at radius 3 is 2.35 bits per heavy atom. The van der Waals surface area contributed by atoms with E-state index in [1.807, 2.05) is 24.3 Å². The number of aliphatic hydroxyl groups is 2. The minimum atomic E-state index is -0.0392. The van der Waals surface area contributed by atoms with E-state index >= 15 is 0 Å². The first-order valence-corrected chi connectivity index (χ1v) is 7.29. The van der Waals surface area contributed by atoms with Crippen LogP contribution in [0.5, 0.6) is 0 Å². The van der Waals surface area contributed by atoms with E-state index in [2.05, 4.69) is 15.9 Å². The van der Waals surface area contributed by atoms with Gasteiger partial charge >= 0.3 is 0 Å². The summed E-state index contributed by atoms with van der Waals surface area (Å²) in [6.45, 7) is 1.43. The third-order valence-corrected chi connectivity index (χ3v) is 3.76. The Hall–Kier alpha value is -0.950. The second-order valence-corrected chi connectivity index (χ2v) is 5.42. The van der Waals surface area contributed by atoms with Gasteiger partial charge in [-0.25, -0.2) is 0 Å². The van der Waals surface area contributed by atoms with Gasteiger partial charge in [0.05, 0.1) is 19.8 Å². The van der Waals surface area contributed by atoms with E-state index in [1.165, 1.54) is 0 Å². The molecule has 6 heteroatoms. The van der Waals surface area contributed by atoms with Gasteiger partial charge in [0, 0.05) is 31.2 Å². The zero-order valence-electron chi connectivity index (χ0n) is 11.6. The molecule has 2 N–H and O–H groups in total. The van der Waals surface area contributed by atoms with Gasteiger partial charge in [0.25, 0.3) is 0 Å². The number of hydrogen-bond donors (Lipinski definition) is 2. The smallest absolute Gasteiger partial charge is 0.236 e. The maximum atomic E-state index is 12.1. The largest absolute Gasteiger partial charge is 0.395 e. The summed E-state index contributed by atoms with van der Waals surface area (Å²) in [6.07, 6.45) is 0. The van der Waals surface area contributed by atoms with Crippen LogP contribution in [0.25, 0.3) is 0 Å². The van der Waals surface area contributed by atoms with Gasteiger partial charge in [-0.1, -0.05) is 34.1 Å². The fourth-order valence-corrected chi connectivity index (χ4v) is 2.25. The van der Waals surface area contributed by atoms with E-state index < -0.39 is 0 Å². The van der Waals surface area contributed by atoms with Gasteiger partial charge < -0.3 is 15.1 Å². The van der Waals surface area contributed by atoms with Crippen molar-refractivity contribution in [3.05, 3.63) is 34.3 Å². The lowest BCUT2D eigenvalue weighted by Crippen LogP contribution is -2.40. The molecule has 0 aliphatic rings. The molecule has 0 atom stereocenters. The van der Waals surface area contributed by atoms with Crippen LogP contribution in [0.2, 0.25) is 0 Å². The summed E-state index contributed by atoms with van der Waals surface area (Å²) in [6, 6.07) is 7.77. The van der Waals surface area contributed by atoms with Crippen molar-refractivity contribution in [2.24, 2.45) is 0 Å². The fraction of sp³-hybridized carbons (Fsp3) is 0.500. The summed E-state index contributed by atoms with van der Waals surface area (Å²) < 4.78 is 0.974. The van der Waals surface area contributed by atoms with Gasteiger partial charge in [0.1, 0.15) is 0 Å². The van der Waals surface area contributed by atoms with Crippen LogP contribution in [-0.4, -0.2) is 65.8 Å². The number of aliphatic hydroxyl groups excluding tert-OH is 2. The van der Waals surface area contributed by atoms with E-state index in [4.69, 9.17) is 10.2 Å². The van der Waals surface area contributed by atoms with Crippen LogP contribution in [0.3, 0.4) is 0 Å². The Morgan fingerprint density at radius 2 is 1.80 bits per heavy atom. The van der Waals surface area contributed by atoms with Crippen molar-refractivity contribution in [1.29, 1.82) is 0 Å². The van der Waals surface area contributed by atoms with E-state index in [0.717, 1.165) is 10.0 Å². The van der Waals surface area contributed by atoms with Crippen molar-refractivity contribution in [1.82, 2.24) is 9.80 Å². The molecule has 1 amide bonds. The third kappa shape index (κ3) is 5.58. The van der Waals surface area contributed by atoms with Crippen molar-refractivity contribution in [3.8, 4) is 0 Å². The molecule has 1 rings (SSSR count). The fourth-order valence-electron chi connectivity index (χ4n) is 1.84. The lowest BCUT2D eigenvalue weighted by Gasteiger charge is -2.24. The molecule has 112 valence electrons. The van der Waals surface area contributed by atoms with Gasteiger partial charge in [-0.15, -0.1) is 0 Å². The number of carbonyl (C=O) groups is 1. The number of hydrogen-bond acceptors (Lipinski definition) is 4. The minimum Gasteiger partial charge on any atom is -0.395 e. The molecule has 0 saturated heterocycles. The minimum absolute atomic E-state index is 0.0266. The van der Waals surface area contributed by atoms with Crippen LogP contribution < -0.4 is 0 Å². The van der Waals surface area contributed by atoms with Crippen LogP contribution in [-0.2, 0) is 11.3 Å². The highest BCUT2D eigenvalue weighted by Gasteiger charge is 2.14. The number of rotatable bonds is 8. The number of benzene rings is 1. The highest BCUT2D eigenvalue weighted by atomic mass is 79.9. The molecule has 1 aromatic carbocycles. The van der Waals surface area contributed by atoms with Crippen molar-refractivity contribution in [2.75, 3.05) is 39.9 Å². The topological polar surface area (TPSA) is 64.0 Å². The lowest BCUT2D eigenvalue weighted by molar-refractivity contribution is -0.131. The van der Waals surface area contributed by atoms with Gasteiger partial charge in [0.2, 0.25) is 5.91 Å². The Balaban J connectivity index is 2.56. The molecule has 0 radical (unpaired) electrons. The molecule has 0 spiro atoms. The first kappa shape index (κ1) is 17.1. The number of nitrogens with zero attached hydrogens (tertiary/aromatic N) is 2. The van der Waals surface area contributed by atoms with Crippen molar-refractivity contribution in [3.63, 3.8) is 0 Å². The molecular formula is C14H21BrN2O3. The quantitative estimate of drug-likeness (QED) is 0.728. The number of amides is 1. The predicted molar refractivity (Wildman–Crippen MR) is 81.2 cm³/mol. The number of carbonyl (C=O) groups excluding carboxylic acids is 1. The third-order valence-electron chi connectivity index (χ3n) is 2.98. The summed E-state index contributed by atoms with van der Waals surface area (Å²) >= 11 is 3.46. The standard InChI is InChI=1S/C14H21BrN2O3/c1-16(10-12-4-2-3-5-13(12)15)14(20)11-17(6-8-18)7-9-19/h2-5,18-19H,6-11H2,1H3. The first-order chi connectivity index (χ1) is 9.58. The van der Waals surface area contributed by atoms with Crippen LogP contribution in [0.1, 0.15) is 5.56 Å². The Labute approximate surface area is 127 Å². The van der Waals surface area contributed by atoms with E-state index in [-0.39, 0.29) is 25.7 Å². The van der Waals surface area contributed by atoms with Crippen molar-refractivity contribution < 1.29 is 15.0 Å². The molecular weight excluding hydrogens is 324 g/mol. The molecule has 1 aromatic rings. The van der Waals surface area contributed by atoms with E-state index in [1.54, 1.807) is 16.8 Å². The van der Waals surface area contributed by atoms with Crippen LogP contribution in [0, 0.1) is 0 Å². The summed E-state index contributed by atoms with van der Waals surface area (Å²) in [5.74, 6) is -0.0392. The second kappa shape index (κ2) is 9.07. The highest BCUT2D eigenvalue weighted by molar-refractivity contribution is 9.10. The molecule has 0 bridgehead atoms. The van der Waals surface area contributed by atoms with Crippen LogP contribution in [0.4, 0.5) is 0 Å². The second-order valence-electron chi connectivity index (χ2n) is 4.56. The van der Waals surface area contributed by atoms with Gasteiger partial charge in [-0.3, -0.25) is 9.69 Å². The summed E-state index contributed by atoms with van der Waals surface area (Å²) in [7, 11) is 1.75. The van der Waals surface area contributed by atoms with E-state index in [9.17, 15) is 4.79 Å². The van der Waals surface area contributed by atoms with Gasteiger partial charge in [-0.2, -0.15) is 0 Å². The Morgan fingerprint density at radius 1 is 1.20 bits per heavy atom. The summed E-state index contributed by atoms with van der Waals surface area (Å²) in [4.78, 5) is 15.5. The predicted octanol–water partition coefficient (Wildman–Crippen LogP) is 0.694. The average molecular weight is 345 g/mol. The monoisotopic (exact) mass is 344 g/mol. The Kier molecular flexibility index (Phi) is 7.76. The summed E-state index contributed by atoms with van der Waals surface area (Å²) in [5.41, 5.74) is 1.04. The molecule has 0 aromatic heterocycles. The molecule has 20 heavy (non-hydrogen) atoms. The van der Waals surface area contributed by atoms with Gasteiger partial charge in [0.15, 0.2) is 0 Å². The van der Waals surface area contributed by atoms with Crippen LogP contribution >= 0.6 is 15.9 Å². The zero-order chi connectivity index (χ0) is 15.0. The maximum Gasteiger partial charge on any atom is 0.236 e. The normalized spacial score (nSPS) is 10.8. The zero-order valence-corrected chi connectivity index (χ0v) is 13.2. The lowest BCUT2D eigenvalue weighted by atomic mass is 10.2. The number of halogens is 1. The molecule has 0 unspecified atom stereocenters. The average Bonchev–Trinajstić information content (AvgIpc) is 2.41. The first-order valence-electron chi connectivity index (χ1n) is 6.50. The van der Waals surface area contributed by atoms with Crippen molar-refractivity contribution >= 4 is 21.8 Å². The molecule has 0 fully saturated rings. The highest BCUT2D eigenvalue weighted by Crippen LogP contribution is 2.17. The Bertz CT molecular complexity index is 423. The molecule has 0 aliphatic carbocycles. The molecule has 5 nitrogen and oxygen atoms in total. The van der Waals surface area contributed by atoms with E-state index in [0.29, 0.717) is 19.6 Å². The molecule has 0 saturated carbocycles. The molecule has 0 heterocycles. The molecule has 0 aliphatic heterocycles.